The van der Waals surface area contributed by atoms with Gasteiger partial charge in [0.05, 0.1) is 11.6 Å². The summed E-state index contributed by atoms with van der Waals surface area (Å²) in [5, 5.41) is 11.7. The average Bonchev–Trinajstić information content (AvgIpc) is 3.24. The van der Waals surface area contributed by atoms with Crippen molar-refractivity contribution in [3.05, 3.63) is 46.8 Å². The second-order valence-corrected chi connectivity index (χ2v) is 9.23. The first-order valence-corrected chi connectivity index (χ1v) is 10.1. The van der Waals surface area contributed by atoms with Gasteiger partial charge in [-0.2, -0.15) is 9.57 Å². The highest BCUT2D eigenvalue weighted by molar-refractivity contribution is 7.91. The van der Waals surface area contributed by atoms with Crippen molar-refractivity contribution >= 4 is 33.0 Å². The van der Waals surface area contributed by atoms with Crippen molar-refractivity contribution in [3.63, 3.8) is 0 Å². The van der Waals surface area contributed by atoms with Crippen molar-refractivity contribution in [2.24, 2.45) is 0 Å². The van der Waals surface area contributed by atoms with Gasteiger partial charge in [0, 0.05) is 17.1 Å². The SMILES string of the molecule is Cc1ccc(S(=O)(=O)N2CCCC2C(=O)Nc2cccc(C#N)c2)s1. The second kappa shape index (κ2) is 6.96. The van der Waals surface area contributed by atoms with Gasteiger partial charge < -0.3 is 5.32 Å². The van der Waals surface area contributed by atoms with Crippen molar-refractivity contribution in [2.45, 2.75) is 30.0 Å². The lowest BCUT2D eigenvalue weighted by Gasteiger charge is -2.22. The van der Waals surface area contributed by atoms with E-state index in [1.807, 2.05) is 13.0 Å². The minimum absolute atomic E-state index is 0.260. The maximum atomic E-state index is 12.8. The van der Waals surface area contributed by atoms with Crippen LogP contribution in [0.4, 0.5) is 5.69 Å². The lowest BCUT2D eigenvalue weighted by molar-refractivity contribution is -0.119. The molecular formula is C17H17N3O3S2. The van der Waals surface area contributed by atoms with Crippen LogP contribution in [0.15, 0.2) is 40.6 Å². The van der Waals surface area contributed by atoms with Gasteiger partial charge in [-0.3, -0.25) is 4.79 Å². The molecule has 1 fully saturated rings. The van der Waals surface area contributed by atoms with Crippen LogP contribution in [0.25, 0.3) is 0 Å². The molecule has 1 aromatic carbocycles. The lowest BCUT2D eigenvalue weighted by Crippen LogP contribution is -2.42. The Morgan fingerprint density at radius 3 is 2.84 bits per heavy atom. The Bertz CT molecular complexity index is 944. The molecular weight excluding hydrogens is 358 g/mol. The van der Waals surface area contributed by atoms with Crippen LogP contribution >= 0.6 is 11.3 Å². The van der Waals surface area contributed by atoms with E-state index in [0.29, 0.717) is 30.6 Å². The van der Waals surface area contributed by atoms with Crippen LogP contribution in [0.5, 0.6) is 0 Å². The standard InChI is InChI=1S/C17H17N3O3S2/c1-12-7-8-16(24-12)25(22,23)20-9-3-6-15(20)17(21)19-14-5-2-4-13(10-14)11-18/h2,4-5,7-8,10,15H,3,6,9H2,1H3,(H,19,21). The summed E-state index contributed by atoms with van der Waals surface area (Å²) in [7, 11) is -3.68. The smallest absolute Gasteiger partial charge is 0.253 e. The summed E-state index contributed by atoms with van der Waals surface area (Å²) in [5.74, 6) is -0.371. The fraction of sp³-hybridized carbons (Fsp3) is 0.294. The largest absolute Gasteiger partial charge is 0.325 e. The molecule has 0 radical (unpaired) electrons. The molecule has 2 aromatic rings. The molecule has 8 heteroatoms. The van der Waals surface area contributed by atoms with Gasteiger partial charge in [-0.25, -0.2) is 8.42 Å². The molecule has 6 nitrogen and oxygen atoms in total. The third-order valence-electron chi connectivity index (χ3n) is 4.04. The Morgan fingerprint density at radius 1 is 1.36 bits per heavy atom. The molecule has 0 spiro atoms. The third-order valence-corrected chi connectivity index (χ3v) is 7.42. The van der Waals surface area contributed by atoms with Gasteiger partial charge in [-0.05, 0) is 50.1 Å². The van der Waals surface area contributed by atoms with Gasteiger partial charge in [-0.1, -0.05) is 6.07 Å². The molecule has 3 rings (SSSR count). The summed E-state index contributed by atoms with van der Waals surface area (Å²) in [5.41, 5.74) is 0.919. The van der Waals surface area contributed by atoms with E-state index >= 15 is 0 Å². The molecule has 0 saturated carbocycles. The molecule has 1 aliphatic rings. The predicted molar refractivity (Wildman–Crippen MR) is 95.8 cm³/mol. The topological polar surface area (TPSA) is 90.3 Å². The van der Waals surface area contributed by atoms with Gasteiger partial charge in [-0.15, -0.1) is 11.3 Å². The highest BCUT2D eigenvalue weighted by Gasteiger charge is 2.40. The second-order valence-electron chi connectivity index (χ2n) is 5.82. The van der Waals surface area contributed by atoms with E-state index in [4.69, 9.17) is 5.26 Å². The Morgan fingerprint density at radius 2 is 2.16 bits per heavy atom. The molecule has 0 aliphatic carbocycles. The minimum atomic E-state index is -3.68. The number of rotatable bonds is 4. The van der Waals surface area contributed by atoms with Crippen LogP contribution in [-0.4, -0.2) is 31.2 Å². The van der Waals surface area contributed by atoms with Crippen molar-refractivity contribution in [2.75, 3.05) is 11.9 Å². The first-order valence-electron chi connectivity index (χ1n) is 7.81. The molecule has 1 aromatic heterocycles. The monoisotopic (exact) mass is 375 g/mol. The maximum Gasteiger partial charge on any atom is 0.253 e. The Hall–Kier alpha value is -2.21. The van der Waals surface area contributed by atoms with Gasteiger partial charge in [0.2, 0.25) is 5.91 Å². The number of nitriles is 1. The van der Waals surface area contributed by atoms with Crippen LogP contribution in [0, 0.1) is 18.3 Å². The van der Waals surface area contributed by atoms with E-state index < -0.39 is 16.1 Å². The number of carbonyl (C=O) groups is 1. The van der Waals surface area contributed by atoms with Gasteiger partial charge in [0.25, 0.3) is 10.0 Å². The molecule has 0 bridgehead atoms. The number of sulfonamides is 1. The first-order chi connectivity index (χ1) is 11.9. The molecule has 1 N–H and O–H groups in total. The van der Waals surface area contributed by atoms with Crippen LogP contribution in [-0.2, 0) is 14.8 Å². The van der Waals surface area contributed by atoms with Gasteiger partial charge >= 0.3 is 0 Å². The number of amides is 1. The number of nitrogens with zero attached hydrogens (tertiary/aromatic N) is 2. The van der Waals surface area contributed by atoms with E-state index in [9.17, 15) is 13.2 Å². The van der Waals surface area contributed by atoms with Crippen LogP contribution in [0.3, 0.4) is 0 Å². The number of hydrogen-bond donors (Lipinski definition) is 1. The van der Waals surface area contributed by atoms with Crippen molar-refractivity contribution < 1.29 is 13.2 Å². The Kier molecular flexibility index (Phi) is 4.90. The van der Waals surface area contributed by atoms with E-state index in [1.54, 1.807) is 36.4 Å². The van der Waals surface area contributed by atoms with E-state index in [-0.39, 0.29) is 10.1 Å². The van der Waals surface area contributed by atoms with E-state index in [2.05, 4.69) is 5.32 Å². The number of nitrogens with one attached hydrogen (secondary N) is 1. The predicted octanol–water partition coefficient (Wildman–Crippen LogP) is 2.72. The maximum absolute atomic E-state index is 12.8. The van der Waals surface area contributed by atoms with Crippen molar-refractivity contribution in [3.8, 4) is 6.07 Å². The van der Waals surface area contributed by atoms with Crippen LogP contribution in [0.2, 0.25) is 0 Å². The number of hydrogen-bond acceptors (Lipinski definition) is 5. The average molecular weight is 375 g/mol. The molecule has 1 atom stereocenters. The summed E-state index contributed by atoms with van der Waals surface area (Å²) in [6.45, 7) is 2.18. The molecule has 130 valence electrons. The number of benzene rings is 1. The molecule has 1 aliphatic heterocycles. The zero-order valence-electron chi connectivity index (χ0n) is 13.6. The van der Waals surface area contributed by atoms with Gasteiger partial charge in [0.15, 0.2) is 0 Å². The molecule has 25 heavy (non-hydrogen) atoms. The molecule has 1 saturated heterocycles. The fourth-order valence-electron chi connectivity index (χ4n) is 2.85. The zero-order chi connectivity index (χ0) is 18.0. The van der Waals surface area contributed by atoms with E-state index in [0.717, 1.165) is 4.88 Å². The summed E-state index contributed by atoms with van der Waals surface area (Å²) < 4.78 is 27.2. The van der Waals surface area contributed by atoms with Crippen molar-refractivity contribution in [1.29, 1.82) is 5.26 Å². The van der Waals surface area contributed by atoms with Gasteiger partial charge in [0.1, 0.15) is 10.3 Å². The van der Waals surface area contributed by atoms with Crippen LogP contribution in [0.1, 0.15) is 23.3 Å². The zero-order valence-corrected chi connectivity index (χ0v) is 15.2. The number of aryl methyl sites for hydroxylation is 1. The van der Waals surface area contributed by atoms with E-state index in [1.165, 1.54) is 15.6 Å². The molecule has 2 heterocycles. The highest BCUT2D eigenvalue weighted by Crippen LogP contribution is 2.30. The summed E-state index contributed by atoms with van der Waals surface area (Å²) >= 11 is 1.21. The highest BCUT2D eigenvalue weighted by atomic mass is 32.2. The normalized spacial score (nSPS) is 18.0. The summed E-state index contributed by atoms with van der Waals surface area (Å²) in [6.07, 6.45) is 1.12. The fourth-order valence-corrected chi connectivity index (χ4v) is 5.92. The number of thiophene rings is 1. The van der Waals surface area contributed by atoms with Crippen LogP contribution < -0.4 is 5.32 Å². The molecule has 1 unspecified atom stereocenters. The summed E-state index contributed by atoms with van der Waals surface area (Å²) in [6, 6.07) is 11.2. The third kappa shape index (κ3) is 3.58. The Balaban J connectivity index is 1.81. The lowest BCUT2D eigenvalue weighted by atomic mass is 10.2. The minimum Gasteiger partial charge on any atom is -0.325 e. The molecule has 1 amide bonds. The van der Waals surface area contributed by atoms with Crippen molar-refractivity contribution in [1.82, 2.24) is 4.31 Å². The Labute approximate surface area is 150 Å². The first kappa shape index (κ1) is 17.6. The number of anilines is 1. The quantitative estimate of drug-likeness (QED) is 0.890. The summed E-state index contributed by atoms with van der Waals surface area (Å²) in [4.78, 5) is 13.5. The number of carbonyl (C=O) groups excluding carboxylic acids is 1.